The lowest BCUT2D eigenvalue weighted by molar-refractivity contribution is -0.167. The highest BCUT2D eigenvalue weighted by molar-refractivity contribution is 8.00. The number of carbonyl (C=O) groups excluding carboxylic acids is 1. The molecule has 0 radical (unpaired) electrons. The number of carbonyl (C=O) groups is 2. The molecule has 12 heteroatoms. The van der Waals surface area contributed by atoms with Crippen LogP contribution in [0.2, 0.25) is 0 Å². The Balaban J connectivity index is 1.61. The number of nitrogens with one attached hydrogen (secondary N) is 1. The van der Waals surface area contributed by atoms with Crippen LogP contribution in [0.4, 0.5) is 18.3 Å². The number of anilines is 1. The lowest BCUT2D eigenvalue weighted by Gasteiger charge is -2.04. The maximum atomic E-state index is 12.3. The van der Waals surface area contributed by atoms with Crippen molar-refractivity contribution in [2.75, 3.05) is 5.32 Å². The molecule has 1 fully saturated rings. The number of aromatic nitrogens is 1. The van der Waals surface area contributed by atoms with Crippen molar-refractivity contribution in [3.8, 4) is 0 Å². The van der Waals surface area contributed by atoms with E-state index in [1.54, 1.807) is 17.1 Å². The molecule has 0 bridgehead atoms. The molecule has 7 nitrogen and oxygen atoms in total. The second-order valence-electron chi connectivity index (χ2n) is 5.58. The molecule has 28 heavy (non-hydrogen) atoms. The number of rotatable bonds is 7. The highest BCUT2D eigenvalue weighted by Gasteiger charge is 2.41. The Morgan fingerprint density at radius 3 is 2.68 bits per heavy atom. The number of halogens is 3. The minimum Gasteiger partial charge on any atom is -0.476 e. The van der Waals surface area contributed by atoms with Crippen LogP contribution in [0.5, 0.6) is 0 Å². The lowest BCUT2D eigenvalue weighted by Crippen LogP contribution is -2.29. The minimum absolute atomic E-state index is 0.123. The highest BCUT2D eigenvalue weighted by atomic mass is 32.2. The summed E-state index contributed by atoms with van der Waals surface area (Å²) in [6.45, 7) is 0. The zero-order chi connectivity index (χ0) is 20.3. The SMILES string of the molecule is O=C(O)C(=NOC1CC1Sc1ccccc1)c1csc(NC(=O)C(F)(F)F)n1. The molecule has 0 spiro atoms. The van der Waals surface area contributed by atoms with Crippen LogP contribution >= 0.6 is 23.1 Å². The molecule has 3 rings (SSSR count). The smallest absolute Gasteiger partial charge is 0.471 e. The molecule has 2 N–H and O–H groups in total. The quantitative estimate of drug-likeness (QED) is 0.515. The van der Waals surface area contributed by atoms with Crippen LogP contribution in [-0.4, -0.2) is 45.2 Å². The van der Waals surface area contributed by atoms with E-state index in [0.717, 1.165) is 4.90 Å². The van der Waals surface area contributed by atoms with E-state index < -0.39 is 28.9 Å². The average molecular weight is 431 g/mol. The third-order valence-corrected chi connectivity index (χ3v) is 5.51. The zero-order valence-corrected chi connectivity index (χ0v) is 15.5. The molecule has 2 atom stereocenters. The van der Waals surface area contributed by atoms with Gasteiger partial charge in [0, 0.05) is 16.7 Å². The van der Waals surface area contributed by atoms with E-state index in [-0.39, 0.29) is 17.0 Å². The van der Waals surface area contributed by atoms with E-state index in [2.05, 4.69) is 10.1 Å². The van der Waals surface area contributed by atoms with Crippen molar-refractivity contribution in [2.45, 2.75) is 28.8 Å². The molecule has 2 aromatic rings. The number of carboxylic acid groups (broad SMARTS) is 1. The van der Waals surface area contributed by atoms with Crippen LogP contribution in [0.25, 0.3) is 0 Å². The van der Waals surface area contributed by atoms with Gasteiger partial charge >= 0.3 is 18.1 Å². The van der Waals surface area contributed by atoms with Crippen LogP contribution in [0.3, 0.4) is 0 Å². The van der Waals surface area contributed by atoms with Gasteiger partial charge in [0.05, 0.1) is 5.25 Å². The molecule has 148 valence electrons. The van der Waals surface area contributed by atoms with Crippen LogP contribution < -0.4 is 5.32 Å². The van der Waals surface area contributed by atoms with Gasteiger partial charge in [-0.15, -0.1) is 23.1 Å². The number of alkyl halides is 3. The molecule has 1 aliphatic rings. The van der Waals surface area contributed by atoms with E-state index >= 15 is 0 Å². The van der Waals surface area contributed by atoms with Crippen molar-refractivity contribution in [3.05, 3.63) is 41.4 Å². The van der Waals surface area contributed by atoms with Gasteiger partial charge in [-0.1, -0.05) is 23.4 Å². The first-order valence-corrected chi connectivity index (χ1v) is 9.53. The van der Waals surface area contributed by atoms with Gasteiger partial charge in [0.15, 0.2) is 5.13 Å². The van der Waals surface area contributed by atoms with E-state index in [9.17, 15) is 27.9 Å². The highest BCUT2D eigenvalue weighted by Crippen LogP contribution is 2.41. The maximum absolute atomic E-state index is 12.3. The van der Waals surface area contributed by atoms with Crippen molar-refractivity contribution in [2.24, 2.45) is 5.16 Å². The molecule has 1 heterocycles. The maximum Gasteiger partial charge on any atom is 0.471 e. The number of benzene rings is 1. The van der Waals surface area contributed by atoms with Crippen LogP contribution in [0, 0.1) is 0 Å². The first kappa shape index (κ1) is 20.1. The molecular weight excluding hydrogens is 419 g/mol. The van der Waals surface area contributed by atoms with E-state index in [1.807, 2.05) is 30.3 Å². The number of nitrogens with zero attached hydrogens (tertiary/aromatic N) is 2. The van der Waals surface area contributed by atoms with Crippen molar-refractivity contribution in [3.63, 3.8) is 0 Å². The number of carboxylic acids is 1. The topological polar surface area (TPSA) is 101 Å². The van der Waals surface area contributed by atoms with Gasteiger partial charge in [0.1, 0.15) is 11.8 Å². The fourth-order valence-corrected chi connectivity index (χ4v) is 3.82. The third kappa shape index (κ3) is 5.23. The summed E-state index contributed by atoms with van der Waals surface area (Å²) in [5.41, 5.74) is -0.762. The molecule has 1 amide bonds. The second kappa shape index (κ2) is 8.19. The number of hydrogen-bond donors (Lipinski definition) is 2. The summed E-state index contributed by atoms with van der Waals surface area (Å²) < 4.78 is 36.8. The molecule has 1 aliphatic carbocycles. The second-order valence-corrected chi connectivity index (χ2v) is 7.75. The molecule has 2 unspecified atom stereocenters. The molecule has 1 aromatic heterocycles. The van der Waals surface area contributed by atoms with Crippen molar-refractivity contribution >= 4 is 45.8 Å². The van der Waals surface area contributed by atoms with Gasteiger partial charge in [-0.2, -0.15) is 13.2 Å². The number of thioether (sulfide) groups is 1. The Morgan fingerprint density at radius 1 is 1.32 bits per heavy atom. The largest absolute Gasteiger partial charge is 0.476 e. The zero-order valence-electron chi connectivity index (χ0n) is 13.8. The first-order chi connectivity index (χ1) is 13.2. The Labute approximate surface area is 164 Å². The predicted octanol–water partition coefficient (Wildman–Crippen LogP) is 3.38. The van der Waals surface area contributed by atoms with E-state index in [1.165, 1.54) is 5.38 Å². The Morgan fingerprint density at radius 2 is 2.04 bits per heavy atom. The molecule has 1 saturated carbocycles. The monoisotopic (exact) mass is 431 g/mol. The number of thiazole rings is 1. The summed E-state index contributed by atoms with van der Waals surface area (Å²) in [5, 5.41) is 15.3. The summed E-state index contributed by atoms with van der Waals surface area (Å²) in [4.78, 5) is 32.2. The molecular formula is C16H12F3N3O4S2. The summed E-state index contributed by atoms with van der Waals surface area (Å²) in [5.74, 6) is -3.65. The molecule has 0 saturated heterocycles. The average Bonchev–Trinajstić information content (AvgIpc) is 3.19. The summed E-state index contributed by atoms with van der Waals surface area (Å²) in [6.07, 6.45) is -4.67. The fourth-order valence-electron chi connectivity index (χ4n) is 1.98. The van der Waals surface area contributed by atoms with Crippen molar-refractivity contribution in [1.29, 1.82) is 0 Å². The van der Waals surface area contributed by atoms with Crippen molar-refractivity contribution < 1.29 is 32.7 Å². The minimum atomic E-state index is -5.07. The van der Waals surface area contributed by atoms with Crippen molar-refractivity contribution in [1.82, 2.24) is 4.98 Å². The Kier molecular flexibility index (Phi) is 5.89. The summed E-state index contributed by atoms with van der Waals surface area (Å²) in [6, 6.07) is 9.58. The fraction of sp³-hybridized carbons (Fsp3) is 0.250. The Hall–Kier alpha value is -2.60. The van der Waals surface area contributed by atoms with Gasteiger partial charge in [0.25, 0.3) is 0 Å². The number of aliphatic carboxylic acids is 1. The standard InChI is InChI=1S/C16H12F3N3O4S2/c17-16(18,19)14(25)21-15-20-9(7-27-15)12(13(23)24)22-26-10-6-11(10)28-8-4-2-1-3-5-8/h1-5,7,10-11H,6H2,(H,23,24)(H,20,21,25). The van der Waals surface area contributed by atoms with Gasteiger partial charge < -0.3 is 9.94 Å². The Bertz CT molecular complexity index is 902. The first-order valence-electron chi connectivity index (χ1n) is 7.77. The number of amides is 1. The lowest BCUT2D eigenvalue weighted by atomic mass is 10.3. The predicted molar refractivity (Wildman–Crippen MR) is 96.5 cm³/mol. The third-order valence-electron chi connectivity index (χ3n) is 3.41. The van der Waals surface area contributed by atoms with E-state index in [4.69, 9.17) is 4.84 Å². The van der Waals surface area contributed by atoms with Crippen LogP contribution in [-0.2, 0) is 14.4 Å². The van der Waals surface area contributed by atoms with Gasteiger partial charge in [-0.3, -0.25) is 10.1 Å². The number of hydrogen-bond acceptors (Lipinski definition) is 7. The molecule has 1 aromatic carbocycles. The molecule has 0 aliphatic heterocycles. The normalized spacial score (nSPS) is 19.2. The summed E-state index contributed by atoms with van der Waals surface area (Å²) in [7, 11) is 0. The van der Waals surface area contributed by atoms with Gasteiger partial charge in [0.2, 0.25) is 5.71 Å². The summed E-state index contributed by atoms with van der Waals surface area (Å²) >= 11 is 2.22. The van der Waals surface area contributed by atoms with E-state index in [0.29, 0.717) is 17.8 Å². The van der Waals surface area contributed by atoms with Gasteiger partial charge in [-0.05, 0) is 12.1 Å². The number of oxime groups is 1. The van der Waals surface area contributed by atoms with Gasteiger partial charge in [-0.25, -0.2) is 9.78 Å². The van der Waals surface area contributed by atoms with Crippen LogP contribution in [0.15, 0.2) is 45.8 Å². The van der Waals surface area contributed by atoms with Crippen LogP contribution in [0.1, 0.15) is 12.1 Å².